The van der Waals surface area contributed by atoms with Crippen LogP contribution in [0.1, 0.15) is 25.1 Å². The molecule has 0 radical (unpaired) electrons. The van der Waals surface area contributed by atoms with Crippen LogP contribution in [0.15, 0.2) is 6.20 Å². The van der Waals surface area contributed by atoms with Crippen molar-refractivity contribution in [3.63, 3.8) is 0 Å². The maximum Gasteiger partial charge on any atom is 0.223 e. The number of amides is 1. The number of nitrogens with two attached hydrogens (primary N) is 1. The second kappa shape index (κ2) is 4.88. The summed E-state index contributed by atoms with van der Waals surface area (Å²) in [6.45, 7) is 2.38. The van der Waals surface area contributed by atoms with Gasteiger partial charge in [-0.2, -0.15) is 0 Å². The first-order valence-electron chi connectivity index (χ1n) is 4.86. The summed E-state index contributed by atoms with van der Waals surface area (Å²) >= 11 is 0. The van der Waals surface area contributed by atoms with Gasteiger partial charge in [-0.15, -0.1) is 5.10 Å². The lowest BCUT2D eigenvalue weighted by Crippen LogP contribution is -2.23. The maximum absolute atomic E-state index is 11.3. The van der Waals surface area contributed by atoms with Gasteiger partial charge in [0.1, 0.15) is 0 Å². The summed E-state index contributed by atoms with van der Waals surface area (Å²) in [5.41, 5.74) is 6.38. The molecule has 84 valence electrons. The van der Waals surface area contributed by atoms with Gasteiger partial charge in [-0.25, -0.2) is 0 Å². The molecule has 0 fully saturated rings. The van der Waals surface area contributed by atoms with Crippen LogP contribution in [0.25, 0.3) is 0 Å². The number of aryl methyl sites for hydroxylation is 1. The Labute approximate surface area is 89.0 Å². The molecule has 1 aromatic heterocycles. The molecule has 0 aliphatic rings. The second-order valence-corrected chi connectivity index (χ2v) is 3.73. The van der Waals surface area contributed by atoms with Gasteiger partial charge < -0.3 is 10.6 Å². The molecule has 6 nitrogen and oxygen atoms in total. The van der Waals surface area contributed by atoms with Crippen LogP contribution in [0.5, 0.6) is 0 Å². The van der Waals surface area contributed by atoms with E-state index in [0.29, 0.717) is 13.0 Å². The van der Waals surface area contributed by atoms with E-state index in [2.05, 4.69) is 10.3 Å². The van der Waals surface area contributed by atoms with E-state index >= 15 is 0 Å². The van der Waals surface area contributed by atoms with Gasteiger partial charge in [0.25, 0.3) is 0 Å². The Bertz CT molecular complexity index is 331. The first-order chi connectivity index (χ1) is 7.00. The lowest BCUT2D eigenvalue weighted by atomic mass is 10.3. The van der Waals surface area contributed by atoms with E-state index < -0.39 is 0 Å². The zero-order chi connectivity index (χ0) is 11.4. The fraction of sp³-hybridized carbons (Fsp3) is 0.667. The van der Waals surface area contributed by atoms with Crippen LogP contribution in [0.3, 0.4) is 0 Å². The topological polar surface area (TPSA) is 77.0 Å². The molecule has 1 atom stereocenters. The van der Waals surface area contributed by atoms with Crippen molar-refractivity contribution in [3.8, 4) is 0 Å². The summed E-state index contributed by atoms with van der Waals surface area (Å²) in [7, 11) is 3.47. The normalized spacial score (nSPS) is 12.5. The Morgan fingerprint density at radius 3 is 2.80 bits per heavy atom. The molecule has 0 aliphatic carbocycles. The third-order valence-electron chi connectivity index (χ3n) is 2.08. The molecule has 1 heterocycles. The van der Waals surface area contributed by atoms with Crippen molar-refractivity contribution in [1.82, 2.24) is 19.9 Å². The van der Waals surface area contributed by atoms with Crippen molar-refractivity contribution in [1.29, 1.82) is 0 Å². The number of hydrogen-bond acceptors (Lipinski definition) is 4. The van der Waals surface area contributed by atoms with Crippen LogP contribution in [0, 0.1) is 0 Å². The van der Waals surface area contributed by atoms with E-state index in [1.165, 1.54) is 0 Å². The van der Waals surface area contributed by atoms with Gasteiger partial charge in [-0.3, -0.25) is 9.48 Å². The van der Waals surface area contributed by atoms with Crippen LogP contribution in [0.2, 0.25) is 0 Å². The minimum absolute atomic E-state index is 0.0767. The number of aromatic nitrogens is 3. The van der Waals surface area contributed by atoms with Crippen LogP contribution >= 0.6 is 0 Å². The van der Waals surface area contributed by atoms with Crippen LogP contribution < -0.4 is 5.73 Å². The van der Waals surface area contributed by atoms with E-state index in [0.717, 1.165) is 5.69 Å². The molecule has 1 unspecified atom stereocenters. The van der Waals surface area contributed by atoms with Crippen molar-refractivity contribution in [2.75, 3.05) is 14.1 Å². The van der Waals surface area contributed by atoms with Crippen molar-refractivity contribution < 1.29 is 4.79 Å². The summed E-state index contributed by atoms with van der Waals surface area (Å²) < 4.78 is 1.64. The van der Waals surface area contributed by atoms with Gasteiger partial charge >= 0.3 is 0 Å². The summed E-state index contributed by atoms with van der Waals surface area (Å²) in [6.07, 6.45) is 2.20. The van der Waals surface area contributed by atoms with Crippen LogP contribution in [-0.2, 0) is 11.3 Å². The SMILES string of the molecule is CC(N)c1cn(CCC(=O)N(C)C)nn1. The number of hydrogen-bond donors (Lipinski definition) is 1. The van der Waals surface area contributed by atoms with E-state index in [-0.39, 0.29) is 11.9 Å². The lowest BCUT2D eigenvalue weighted by Gasteiger charge is -2.09. The average molecular weight is 211 g/mol. The molecule has 0 aliphatic heterocycles. The summed E-state index contributed by atoms with van der Waals surface area (Å²) in [5, 5.41) is 7.79. The number of nitrogens with zero attached hydrogens (tertiary/aromatic N) is 4. The highest BCUT2D eigenvalue weighted by Gasteiger charge is 2.07. The van der Waals surface area contributed by atoms with Gasteiger partial charge in [0, 0.05) is 26.6 Å². The molecule has 0 saturated heterocycles. The molecule has 1 rings (SSSR count). The predicted octanol–water partition coefficient (Wildman–Crippen LogP) is -0.224. The van der Waals surface area contributed by atoms with Gasteiger partial charge in [0.05, 0.1) is 18.4 Å². The predicted molar refractivity (Wildman–Crippen MR) is 55.9 cm³/mol. The van der Waals surface area contributed by atoms with Gasteiger partial charge in [0.2, 0.25) is 5.91 Å². The Morgan fingerprint density at radius 1 is 1.67 bits per heavy atom. The molecular formula is C9H17N5O. The van der Waals surface area contributed by atoms with Gasteiger partial charge in [-0.05, 0) is 6.92 Å². The molecule has 1 aromatic rings. The fourth-order valence-corrected chi connectivity index (χ4v) is 1.07. The lowest BCUT2D eigenvalue weighted by molar-refractivity contribution is -0.128. The first-order valence-corrected chi connectivity index (χ1v) is 4.86. The molecule has 0 aromatic carbocycles. The third kappa shape index (κ3) is 3.32. The Kier molecular flexibility index (Phi) is 3.79. The number of rotatable bonds is 4. The minimum Gasteiger partial charge on any atom is -0.349 e. The van der Waals surface area contributed by atoms with Crippen LogP contribution in [-0.4, -0.2) is 39.9 Å². The van der Waals surface area contributed by atoms with E-state index in [1.807, 2.05) is 6.92 Å². The van der Waals surface area contributed by atoms with Crippen molar-refractivity contribution in [2.45, 2.75) is 25.9 Å². The van der Waals surface area contributed by atoms with Crippen LogP contribution in [0.4, 0.5) is 0 Å². The quantitative estimate of drug-likeness (QED) is 0.746. The summed E-state index contributed by atoms with van der Waals surface area (Å²) in [5.74, 6) is 0.0767. The molecule has 0 bridgehead atoms. The zero-order valence-corrected chi connectivity index (χ0v) is 9.34. The highest BCUT2D eigenvalue weighted by molar-refractivity contribution is 5.75. The minimum atomic E-state index is -0.122. The summed E-state index contributed by atoms with van der Waals surface area (Å²) in [6, 6.07) is -0.122. The smallest absolute Gasteiger partial charge is 0.223 e. The highest BCUT2D eigenvalue weighted by atomic mass is 16.2. The summed E-state index contributed by atoms with van der Waals surface area (Å²) in [4.78, 5) is 12.9. The third-order valence-corrected chi connectivity index (χ3v) is 2.08. The number of carbonyl (C=O) groups excluding carboxylic acids is 1. The second-order valence-electron chi connectivity index (χ2n) is 3.73. The van der Waals surface area contributed by atoms with Crippen molar-refractivity contribution in [3.05, 3.63) is 11.9 Å². The Balaban J connectivity index is 2.48. The van der Waals surface area contributed by atoms with Crippen molar-refractivity contribution in [2.24, 2.45) is 5.73 Å². The van der Waals surface area contributed by atoms with Gasteiger partial charge in [0.15, 0.2) is 0 Å². The molecular weight excluding hydrogens is 194 g/mol. The number of carbonyl (C=O) groups is 1. The van der Waals surface area contributed by atoms with E-state index in [4.69, 9.17) is 5.73 Å². The highest BCUT2D eigenvalue weighted by Crippen LogP contribution is 2.03. The standard InChI is InChI=1S/C9H17N5O/c1-7(10)8-6-14(12-11-8)5-4-9(15)13(2)3/h6-7H,4-5,10H2,1-3H3. The van der Waals surface area contributed by atoms with Crippen molar-refractivity contribution >= 4 is 5.91 Å². The molecule has 0 saturated carbocycles. The fourth-order valence-electron chi connectivity index (χ4n) is 1.07. The maximum atomic E-state index is 11.3. The van der Waals surface area contributed by atoms with E-state index in [9.17, 15) is 4.79 Å². The average Bonchev–Trinajstić information content (AvgIpc) is 2.62. The molecule has 6 heteroatoms. The Morgan fingerprint density at radius 2 is 2.33 bits per heavy atom. The molecule has 15 heavy (non-hydrogen) atoms. The monoisotopic (exact) mass is 211 g/mol. The molecule has 0 spiro atoms. The van der Waals surface area contributed by atoms with E-state index in [1.54, 1.807) is 29.9 Å². The zero-order valence-electron chi connectivity index (χ0n) is 9.34. The Hall–Kier alpha value is -1.43. The first kappa shape index (κ1) is 11.6. The molecule has 1 amide bonds. The largest absolute Gasteiger partial charge is 0.349 e. The molecule has 2 N–H and O–H groups in total. The van der Waals surface area contributed by atoms with Gasteiger partial charge in [-0.1, -0.05) is 5.21 Å².